The zero-order valence-corrected chi connectivity index (χ0v) is 16.2. The van der Waals surface area contributed by atoms with Crippen LogP contribution in [0.4, 0.5) is 0 Å². The molecule has 1 saturated carbocycles. The molecule has 1 aromatic rings. The van der Waals surface area contributed by atoms with Crippen molar-refractivity contribution in [1.29, 1.82) is 0 Å². The molecule has 2 aliphatic rings. The molecular formula is C21H32N4O. The third-order valence-electron chi connectivity index (χ3n) is 5.67. The normalized spacial score (nSPS) is 19.2. The van der Waals surface area contributed by atoms with Crippen LogP contribution >= 0.6 is 0 Å². The molecule has 1 aliphatic heterocycles. The number of carbonyl (C=O) groups excluding carboxylic acids is 1. The molecule has 1 saturated heterocycles. The van der Waals surface area contributed by atoms with Gasteiger partial charge in [-0.05, 0) is 56.2 Å². The highest BCUT2D eigenvalue weighted by molar-refractivity contribution is 5.94. The number of nitrogens with one attached hydrogen (secondary N) is 2. The molecule has 1 spiro atoms. The molecule has 5 nitrogen and oxygen atoms in total. The van der Waals surface area contributed by atoms with Gasteiger partial charge in [0.1, 0.15) is 0 Å². The first-order chi connectivity index (χ1) is 12.7. The van der Waals surface area contributed by atoms with Gasteiger partial charge in [0.05, 0.1) is 6.54 Å². The summed E-state index contributed by atoms with van der Waals surface area (Å²) in [6, 6.07) is 7.78. The molecular weight excluding hydrogens is 324 g/mol. The lowest BCUT2D eigenvalue weighted by molar-refractivity contribution is 0.0955. The maximum absolute atomic E-state index is 12.0. The third-order valence-corrected chi connectivity index (χ3v) is 5.67. The fraction of sp³-hybridized carbons (Fsp3) is 0.619. The Balaban J connectivity index is 1.68. The van der Waals surface area contributed by atoms with Gasteiger partial charge in [0.25, 0.3) is 5.91 Å². The SMILES string of the molecule is CCNC(=O)c1cccc(CN=C(NCC)N2CCC3(CCCC3)C2)c1. The summed E-state index contributed by atoms with van der Waals surface area (Å²) in [5.74, 6) is 0.993. The van der Waals surface area contributed by atoms with Gasteiger partial charge in [0.2, 0.25) is 0 Å². The van der Waals surface area contributed by atoms with Gasteiger partial charge in [-0.3, -0.25) is 4.79 Å². The van der Waals surface area contributed by atoms with Crippen molar-refractivity contribution in [3.63, 3.8) is 0 Å². The van der Waals surface area contributed by atoms with Crippen molar-refractivity contribution in [3.05, 3.63) is 35.4 Å². The molecule has 0 aromatic heterocycles. The van der Waals surface area contributed by atoms with E-state index in [1.54, 1.807) is 0 Å². The average molecular weight is 357 g/mol. The number of benzene rings is 1. The highest BCUT2D eigenvalue weighted by Crippen LogP contribution is 2.45. The van der Waals surface area contributed by atoms with Crippen molar-refractivity contribution >= 4 is 11.9 Å². The topological polar surface area (TPSA) is 56.7 Å². The second-order valence-electron chi connectivity index (χ2n) is 7.61. The van der Waals surface area contributed by atoms with E-state index in [0.717, 1.165) is 31.2 Å². The fourth-order valence-corrected chi connectivity index (χ4v) is 4.31. The maximum Gasteiger partial charge on any atom is 0.251 e. The van der Waals surface area contributed by atoms with E-state index in [9.17, 15) is 4.79 Å². The van der Waals surface area contributed by atoms with Crippen molar-refractivity contribution in [2.24, 2.45) is 10.4 Å². The van der Waals surface area contributed by atoms with Crippen LogP contribution in [0.15, 0.2) is 29.3 Å². The summed E-state index contributed by atoms with van der Waals surface area (Å²) in [5.41, 5.74) is 2.31. The molecule has 3 rings (SSSR count). The van der Waals surface area contributed by atoms with Crippen molar-refractivity contribution in [2.45, 2.75) is 52.5 Å². The van der Waals surface area contributed by atoms with Crippen LogP contribution in [0.2, 0.25) is 0 Å². The minimum atomic E-state index is -0.0204. The van der Waals surface area contributed by atoms with Gasteiger partial charge >= 0.3 is 0 Å². The van der Waals surface area contributed by atoms with E-state index in [-0.39, 0.29) is 5.91 Å². The first kappa shape index (κ1) is 18.7. The fourth-order valence-electron chi connectivity index (χ4n) is 4.31. The highest BCUT2D eigenvalue weighted by atomic mass is 16.1. The number of hydrogen-bond acceptors (Lipinski definition) is 2. The summed E-state index contributed by atoms with van der Waals surface area (Å²) in [6.07, 6.45) is 6.81. The number of amides is 1. The lowest BCUT2D eigenvalue weighted by atomic mass is 9.86. The first-order valence-corrected chi connectivity index (χ1v) is 10.1. The Morgan fingerprint density at radius 3 is 2.65 bits per heavy atom. The molecule has 2 fully saturated rings. The van der Waals surface area contributed by atoms with Crippen molar-refractivity contribution in [1.82, 2.24) is 15.5 Å². The zero-order valence-electron chi connectivity index (χ0n) is 16.2. The number of hydrogen-bond donors (Lipinski definition) is 2. The summed E-state index contributed by atoms with van der Waals surface area (Å²) in [4.78, 5) is 19.3. The Kier molecular flexibility index (Phi) is 6.17. The van der Waals surface area contributed by atoms with E-state index in [1.165, 1.54) is 32.1 Å². The molecule has 0 bridgehead atoms. The van der Waals surface area contributed by atoms with E-state index < -0.39 is 0 Å². The maximum atomic E-state index is 12.0. The quantitative estimate of drug-likeness (QED) is 0.629. The van der Waals surface area contributed by atoms with Gasteiger partial charge in [-0.1, -0.05) is 25.0 Å². The second-order valence-corrected chi connectivity index (χ2v) is 7.61. The number of aliphatic imine (C=N–C) groups is 1. The second kappa shape index (κ2) is 8.56. The van der Waals surface area contributed by atoms with E-state index in [0.29, 0.717) is 24.1 Å². The van der Waals surface area contributed by atoms with Crippen LogP contribution in [0, 0.1) is 5.41 Å². The molecule has 1 heterocycles. The molecule has 1 aliphatic carbocycles. The molecule has 142 valence electrons. The highest BCUT2D eigenvalue weighted by Gasteiger charge is 2.41. The van der Waals surface area contributed by atoms with Crippen molar-refractivity contribution in [2.75, 3.05) is 26.2 Å². The van der Waals surface area contributed by atoms with Gasteiger partial charge in [0, 0.05) is 31.7 Å². The molecule has 2 N–H and O–H groups in total. The molecule has 0 atom stereocenters. The molecule has 26 heavy (non-hydrogen) atoms. The average Bonchev–Trinajstić information content (AvgIpc) is 3.29. The number of rotatable bonds is 5. The minimum Gasteiger partial charge on any atom is -0.357 e. The lowest BCUT2D eigenvalue weighted by Crippen LogP contribution is -2.41. The summed E-state index contributed by atoms with van der Waals surface area (Å²) in [6.45, 7) is 8.40. The van der Waals surface area contributed by atoms with Crippen LogP contribution < -0.4 is 10.6 Å². The zero-order chi connectivity index (χ0) is 18.4. The van der Waals surface area contributed by atoms with Gasteiger partial charge in [-0.25, -0.2) is 4.99 Å². The Bertz CT molecular complexity index is 649. The van der Waals surface area contributed by atoms with Gasteiger partial charge in [-0.2, -0.15) is 0 Å². The van der Waals surface area contributed by atoms with Gasteiger partial charge in [0.15, 0.2) is 5.96 Å². The molecule has 1 aromatic carbocycles. The van der Waals surface area contributed by atoms with Gasteiger partial charge in [-0.15, -0.1) is 0 Å². The van der Waals surface area contributed by atoms with E-state index in [2.05, 4.69) is 22.5 Å². The van der Waals surface area contributed by atoms with E-state index in [4.69, 9.17) is 4.99 Å². The van der Waals surface area contributed by atoms with Crippen LogP contribution in [0.25, 0.3) is 0 Å². The third kappa shape index (κ3) is 4.37. The molecule has 0 unspecified atom stereocenters. The first-order valence-electron chi connectivity index (χ1n) is 10.1. The summed E-state index contributed by atoms with van der Waals surface area (Å²) in [7, 11) is 0. The van der Waals surface area contributed by atoms with Crippen LogP contribution in [0.1, 0.15) is 61.9 Å². The number of nitrogens with zero attached hydrogens (tertiary/aromatic N) is 2. The minimum absolute atomic E-state index is 0.0204. The number of likely N-dealkylation sites (tertiary alicyclic amines) is 1. The summed E-state index contributed by atoms with van der Waals surface area (Å²) in [5, 5.41) is 6.31. The van der Waals surface area contributed by atoms with Crippen LogP contribution in [0.3, 0.4) is 0 Å². The Labute approximate surface area is 157 Å². The van der Waals surface area contributed by atoms with Crippen molar-refractivity contribution in [3.8, 4) is 0 Å². The summed E-state index contributed by atoms with van der Waals surface area (Å²) < 4.78 is 0. The molecule has 5 heteroatoms. The monoisotopic (exact) mass is 356 g/mol. The predicted octanol–water partition coefficient (Wildman–Crippen LogP) is 3.17. The molecule has 1 amide bonds. The van der Waals surface area contributed by atoms with E-state index >= 15 is 0 Å². The summed E-state index contributed by atoms with van der Waals surface area (Å²) >= 11 is 0. The largest absolute Gasteiger partial charge is 0.357 e. The molecule has 0 radical (unpaired) electrons. The smallest absolute Gasteiger partial charge is 0.251 e. The van der Waals surface area contributed by atoms with Crippen molar-refractivity contribution < 1.29 is 4.79 Å². The lowest BCUT2D eigenvalue weighted by Gasteiger charge is -2.26. The van der Waals surface area contributed by atoms with Gasteiger partial charge < -0.3 is 15.5 Å². The van der Waals surface area contributed by atoms with Crippen LogP contribution in [-0.2, 0) is 6.54 Å². The Hall–Kier alpha value is -2.04. The van der Waals surface area contributed by atoms with Crippen LogP contribution in [-0.4, -0.2) is 42.9 Å². The van der Waals surface area contributed by atoms with E-state index in [1.807, 2.05) is 31.2 Å². The number of guanidine groups is 1. The Morgan fingerprint density at radius 2 is 1.92 bits per heavy atom. The Morgan fingerprint density at radius 1 is 1.15 bits per heavy atom. The predicted molar refractivity (Wildman–Crippen MR) is 106 cm³/mol. The number of carbonyl (C=O) groups is 1. The van der Waals surface area contributed by atoms with Crippen LogP contribution in [0.5, 0.6) is 0 Å². The standard InChI is InChI=1S/C21H32N4O/c1-3-22-19(26)18-9-7-8-17(14-18)15-24-20(23-4-2)25-13-12-21(16-25)10-5-6-11-21/h7-9,14H,3-6,10-13,15-16H2,1-2H3,(H,22,26)(H,23,24).